The van der Waals surface area contributed by atoms with Crippen molar-refractivity contribution in [2.24, 2.45) is 5.92 Å². The highest BCUT2D eigenvalue weighted by Crippen LogP contribution is 2.33. The van der Waals surface area contributed by atoms with E-state index < -0.39 is 0 Å². The Labute approximate surface area is 114 Å². The maximum Gasteiger partial charge on any atom is 0.313 e. The maximum atomic E-state index is 12.3. The fourth-order valence-electron chi connectivity index (χ4n) is 2.66. The van der Waals surface area contributed by atoms with Gasteiger partial charge in [0.15, 0.2) is 0 Å². The number of aryl methyl sites for hydroxylation is 1. The monoisotopic (exact) mass is 262 g/mol. The van der Waals surface area contributed by atoms with Crippen molar-refractivity contribution in [3.63, 3.8) is 0 Å². The average Bonchev–Trinajstić information content (AvgIpc) is 2.43. The van der Waals surface area contributed by atoms with E-state index in [1.165, 1.54) is 5.56 Å². The minimum atomic E-state index is -0.149. The summed E-state index contributed by atoms with van der Waals surface area (Å²) in [6, 6.07) is 8.21. The molecule has 1 unspecified atom stereocenters. The van der Waals surface area contributed by atoms with Crippen LogP contribution in [0, 0.1) is 12.8 Å². The standard InChI is InChI=1S/C16H22O3/c1-3-19-16(17)15(14-8-10-18-11-9-14)13-6-4-12(2)5-7-13/h4-7,14-15H,3,8-11H2,1-2H3. The van der Waals surface area contributed by atoms with Gasteiger partial charge in [-0.15, -0.1) is 0 Å². The summed E-state index contributed by atoms with van der Waals surface area (Å²) in [5, 5.41) is 0. The molecule has 0 aliphatic carbocycles. The van der Waals surface area contributed by atoms with Crippen LogP contribution in [0.1, 0.15) is 36.8 Å². The number of carbonyl (C=O) groups is 1. The van der Waals surface area contributed by atoms with E-state index in [0.29, 0.717) is 12.5 Å². The van der Waals surface area contributed by atoms with Gasteiger partial charge in [-0.05, 0) is 38.2 Å². The van der Waals surface area contributed by atoms with Crippen molar-refractivity contribution in [3.8, 4) is 0 Å². The average molecular weight is 262 g/mol. The molecule has 0 N–H and O–H groups in total. The van der Waals surface area contributed by atoms with Crippen molar-refractivity contribution in [2.45, 2.75) is 32.6 Å². The number of rotatable bonds is 4. The molecular formula is C16H22O3. The largest absolute Gasteiger partial charge is 0.466 e. The van der Waals surface area contributed by atoms with Crippen molar-refractivity contribution >= 4 is 5.97 Å². The lowest BCUT2D eigenvalue weighted by molar-refractivity contribution is -0.147. The van der Waals surface area contributed by atoms with Gasteiger partial charge in [0.1, 0.15) is 0 Å². The quantitative estimate of drug-likeness (QED) is 0.782. The van der Waals surface area contributed by atoms with E-state index in [2.05, 4.69) is 19.1 Å². The highest BCUT2D eigenvalue weighted by atomic mass is 16.5. The fraction of sp³-hybridized carbons (Fsp3) is 0.562. The number of benzene rings is 1. The van der Waals surface area contributed by atoms with Gasteiger partial charge in [-0.3, -0.25) is 4.79 Å². The molecule has 1 aromatic carbocycles. The molecule has 0 radical (unpaired) electrons. The molecule has 0 amide bonds. The van der Waals surface area contributed by atoms with E-state index in [1.807, 2.05) is 19.1 Å². The molecule has 1 atom stereocenters. The highest BCUT2D eigenvalue weighted by molar-refractivity contribution is 5.78. The van der Waals surface area contributed by atoms with Gasteiger partial charge < -0.3 is 9.47 Å². The highest BCUT2D eigenvalue weighted by Gasteiger charge is 2.32. The van der Waals surface area contributed by atoms with E-state index in [-0.39, 0.29) is 11.9 Å². The number of esters is 1. The molecule has 1 aromatic rings. The molecule has 0 spiro atoms. The van der Waals surface area contributed by atoms with Gasteiger partial charge in [0.25, 0.3) is 0 Å². The normalized spacial score (nSPS) is 18.0. The third-order valence-corrected chi connectivity index (χ3v) is 3.71. The van der Waals surface area contributed by atoms with Crippen LogP contribution in [0.25, 0.3) is 0 Å². The Bertz CT molecular complexity index is 405. The molecule has 104 valence electrons. The Morgan fingerprint density at radius 1 is 1.32 bits per heavy atom. The lowest BCUT2D eigenvalue weighted by Gasteiger charge is -2.29. The van der Waals surface area contributed by atoms with Gasteiger partial charge in [0.05, 0.1) is 12.5 Å². The second-order valence-electron chi connectivity index (χ2n) is 5.09. The second kappa shape index (κ2) is 6.71. The zero-order valence-electron chi connectivity index (χ0n) is 11.7. The first-order chi connectivity index (χ1) is 9.22. The summed E-state index contributed by atoms with van der Waals surface area (Å²) >= 11 is 0. The van der Waals surface area contributed by atoms with Gasteiger partial charge >= 0.3 is 5.97 Å². The van der Waals surface area contributed by atoms with E-state index in [1.54, 1.807) is 0 Å². The third-order valence-electron chi connectivity index (χ3n) is 3.71. The zero-order valence-corrected chi connectivity index (χ0v) is 11.7. The van der Waals surface area contributed by atoms with Crippen molar-refractivity contribution in [2.75, 3.05) is 19.8 Å². The molecule has 0 saturated carbocycles. The number of hydrogen-bond acceptors (Lipinski definition) is 3. The van der Waals surface area contributed by atoms with Crippen LogP contribution < -0.4 is 0 Å². The number of ether oxygens (including phenoxy) is 2. The smallest absolute Gasteiger partial charge is 0.313 e. The van der Waals surface area contributed by atoms with Gasteiger partial charge in [-0.25, -0.2) is 0 Å². The summed E-state index contributed by atoms with van der Waals surface area (Å²) in [7, 11) is 0. The minimum Gasteiger partial charge on any atom is -0.466 e. The van der Waals surface area contributed by atoms with Crippen LogP contribution in [-0.4, -0.2) is 25.8 Å². The van der Waals surface area contributed by atoms with Crippen molar-refractivity contribution < 1.29 is 14.3 Å². The maximum absolute atomic E-state index is 12.3. The summed E-state index contributed by atoms with van der Waals surface area (Å²) < 4.78 is 10.7. The molecule has 3 heteroatoms. The topological polar surface area (TPSA) is 35.5 Å². The second-order valence-corrected chi connectivity index (χ2v) is 5.09. The lowest BCUT2D eigenvalue weighted by Crippen LogP contribution is -2.28. The van der Waals surface area contributed by atoms with Crippen LogP contribution in [0.2, 0.25) is 0 Å². The SMILES string of the molecule is CCOC(=O)C(c1ccc(C)cc1)C1CCOCC1. The zero-order chi connectivity index (χ0) is 13.7. The summed E-state index contributed by atoms with van der Waals surface area (Å²) in [4.78, 5) is 12.3. The third kappa shape index (κ3) is 3.57. The molecule has 2 rings (SSSR count). The van der Waals surface area contributed by atoms with Crippen LogP contribution in [0.15, 0.2) is 24.3 Å². The Balaban J connectivity index is 2.22. The van der Waals surface area contributed by atoms with Crippen LogP contribution in [-0.2, 0) is 14.3 Å². The Kier molecular flexibility index (Phi) is 4.97. The van der Waals surface area contributed by atoms with E-state index in [4.69, 9.17) is 9.47 Å². The predicted octanol–water partition coefficient (Wildman–Crippen LogP) is 3.07. The van der Waals surface area contributed by atoms with Crippen LogP contribution in [0.4, 0.5) is 0 Å². The minimum absolute atomic E-state index is 0.0988. The van der Waals surface area contributed by atoms with E-state index >= 15 is 0 Å². The molecule has 0 bridgehead atoms. The van der Waals surface area contributed by atoms with E-state index in [0.717, 1.165) is 31.6 Å². The summed E-state index contributed by atoms with van der Waals surface area (Å²) in [6.45, 7) is 5.83. The summed E-state index contributed by atoms with van der Waals surface area (Å²) in [5.74, 6) is 0.0817. The van der Waals surface area contributed by atoms with Crippen LogP contribution >= 0.6 is 0 Å². The first-order valence-corrected chi connectivity index (χ1v) is 7.03. The van der Waals surface area contributed by atoms with Crippen LogP contribution in [0.3, 0.4) is 0 Å². The Hall–Kier alpha value is -1.35. The Morgan fingerprint density at radius 2 is 1.95 bits per heavy atom. The first-order valence-electron chi connectivity index (χ1n) is 7.03. The van der Waals surface area contributed by atoms with Crippen molar-refractivity contribution in [1.82, 2.24) is 0 Å². The molecule has 1 saturated heterocycles. The number of hydrogen-bond donors (Lipinski definition) is 0. The first kappa shape index (κ1) is 14.1. The molecule has 1 heterocycles. The van der Waals surface area contributed by atoms with E-state index in [9.17, 15) is 4.79 Å². The summed E-state index contributed by atoms with van der Waals surface area (Å²) in [5.41, 5.74) is 2.27. The molecule has 1 aliphatic heterocycles. The molecule has 1 aliphatic rings. The van der Waals surface area contributed by atoms with Crippen LogP contribution in [0.5, 0.6) is 0 Å². The predicted molar refractivity (Wildman–Crippen MR) is 74.1 cm³/mol. The van der Waals surface area contributed by atoms with Gasteiger partial charge in [-0.1, -0.05) is 29.8 Å². The lowest BCUT2D eigenvalue weighted by atomic mass is 9.81. The molecule has 0 aromatic heterocycles. The van der Waals surface area contributed by atoms with Crippen molar-refractivity contribution in [3.05, 3.63) is 35.4 Å². The van der Waals surface area contributed by atoms with Gasteiger partial charge in [-0.2, -0.15) is 0 Å². The molecule has 3 nitrogen and oxygen atoms in total. The number of carbonyl (C=O) groups excluding carboxylic acids is 1. The van der Waals surface area contributed by atoms with Crippen molar-refractivity contribution in [1.29, 1.82) is 0 Å². The molecular weight excluding hydrogens is 240 g/mol. The Morgan fingerprint density at radius 3 is 2.53 bits per heavy atom. The van der Waals surface area contributed by atoms with Gasteiger partial charge in [0.2, 0.25) is 0 Å². The molecule has 1 fully saturated rings. The van der Waals surface area contributed by atoms with Gasteiger partial charge in [0, 0.05) is 13.2 Å². The fourth-order valence-corrected chi connectivity index (χ4v) is 2.66. The summed E-state index contributed by atoms with van der Waals surface area (Å²) in [6.07, 6.45) is 1.86. The molecule has 19 heavy (non-hydrogen) atoms.